The molecule has 0 N–H and O–H groups in total. The highest BCUT2D eigenvalue weighted by atomic mass is 16.7. The largest absolute Gasteiger partial charge is 0.380 e. The zero-order valence-electron chi connectivity index (χ0n) is 8.63. The molecule has 2 saturated heterocycles. The molecule has 2 rings (SSSR count). The smallest absolute Gasteiger partial charge is 0.170 e. The van der Waals surface area contributed by atoms with Crippen LogP contribution in [0.3, 0.4) is 0 Å². The zero-order valence-corrected chi connectivity index (χ0v) is 8.63. The highest BCUT2D eigenvalue weighted by Gasteiger charge is 2.58. The minimum atomic E-state index is -0.361. The third-order valence-corrected chi connectivity index (χ3v) is 3.80. The van der Waals surface area contributed by atoms with E-state index in [1.807, 2.05) is 6.92 Å². The molecule has 13 heavy (non-hydrogen) atoms. The van der Waals surface area contributed by atoms with Gasteiger partial charge in [-0.2, -0.15) is 0 Å². The molecule has 3 heteroatoms. The van der Waals surface area contributed by atoms with Gasteiger partial charge in [-0.1, -0.05) is 6.92 Å². The van der Waals surface area contributed by atoms with Gasteiger partial charge in [0.2, 0.25) is 0 Å². The van der Waals surface area contributed by atoms with Gasteiger partial charge in [0.15, 0.2) is 5.79 Å². The first kappa shape index (κ1) is 9.44. The van der Waals surface area contributed by atoms with E-state index in [0.29, 0.717) is 11.3 Å². The van der Waals surface area contributed by atoms with Crippen LogP contribution in [0.25, 0.3) is 0 Å². The van der Waals surface area contributed by atoms with Crippen LogP contribution < -0.4 is 0 Å². The molecule has 76 valence electrons. The fourth-order valence-corrected chi connectivity index (χ4v) is 2.35. The summed E-state index contributed by atoms with van der Waals surface area (Å²) in [5, 5.41) is 0. The van der Waals surface area contributed by atoms with Crippen LogP contribution in [0, 0.1) is 11.3 Å². The molecule has 0 spiro atoms. The van der Waals surface area contributed by atoms with Crippen LogP contribution in [0.1, 0.15) is 20.3 Å². The first-order valence-electron chi connectivity index (χ1n) is 4.94. The van der Waals surface area contributed by atoms with Crippen molar-refractivity contribution in [2.45, 2.75) is 26.1 Å². The lowest BCUT2D eigenvalue weighted by molar-refractivity contribution is -0.376. The molecule has 0 aliphatic carbocycles. The topological polar surface area (TPSA) is 27.7 Å². The molecule has 2 aliphatic rings. The molecule has 2 atom stereocenters. The monoisotopic (exact) mass is 186 g/mol. The Balaban J connectivity index is 2.08. The number of methoxy groups -OCH3 is 1. The fourth-order valence-electron chi connectivity index (χ4n) is 2.35. The van der Waals surface area contributed by atoms with Crippen LogP contribution in [0.5, 0.6) is 0 Å². The van der Waals surface area contributed by atoms with Crippen molar-refractivity contribution in [3.05, 3.63) is 0 Å². The molecule has 0 aromatic heterocycles. The fraction of sp³-hybridized carbons (Fsp3) is 1.00. The third-order valence-electron chi connectivity index (χ3n) is 3.80. The maximum Gasteiger partial charge on any atom is 0.170 e. The second-order valence-electron chi connectivity index (χ2n) is 4.29. The summed E-state index contributed by atoms with van der Waals surface area (Å²) < 4.78 is 16.2. The molecule has 0 saturated carbocycles. The van der Waals surface area contributed by atoms with Gasteiger partial charge in [0, 0.05) is 18.4 Å². The van der Waals surface area contributed by atoms with Crippen molar-refractivity contribution in [3.8, 4) is 0 Å². The van der Waals surface area contributed by atoms with Crippen molar-refractivity contribution < 1.29 is 14.2 Å². The van der Waals surface area contributed by atoms with E-state index in [1.165, 1.54) is 0 Å². The van der Waals surface area contributed by atoms with Gasteiger partial charge in [-0.3, -0.25) is 0 Å². The summed E-state index contributed by atoms with van der Waals surface area (Å²) in [6.07, 6.45) is 1.15. The summed E-state index contributed by atoms with van der Waals surface area (Å²) in [6.45, 7) is 6.81. The van der Waals surface area contributed by atoms with Crippen LogP contribution in [0.15, 0.2) is 0 Å². The van der Waals surface area contributed by atoms with E-state index in [1.54, 1.807) is 7.11 Å². The average molecular weight is 186 g/mol. The second kappa shape index (κ2) is 2.94. The van der Waals surface area contributed by atoms with Crippen LogP contribution in [0.2, 0.25) is 0 Å². The predicted octanol–water partition coefficient (Wildman–Crippen LogP) is 1.42. The Morgan fingerprint density at radius 1 is 1.46 bits per heavy atom. The standard InChI is InChI=1S/C10H18O3/c1-4-10(6-12-7-10)8-5-13-9(8,2)11-3/h8H,4-7H2,1-3H3. The Labute approximate surface area is 79.4 Å². The molecule has 3 nitrogen and oxygen atoms in total. The van der Waals surface area contributed by atoms with Crippen molar-refractivity contribution in [2.75, 3.05) is 26.9 Å². The molecule has 0 bridgehead atoms. The maximum atomic E-state index is 5.49. The summed E-state index contributed by atoms with van der Waals surface area (Å²) in [6, 6.07) is 0. The van der Waals surface area contributed by atoms with E-state index in [0.717, 1.165) is 26.2 Å². The van der Waals surface area contributed by atoms with E-state index in [4.69, 9.17) is 14.2 Å². The number of hydrogen-bond acceptors (Lipinski definition) is 3. The molecular weight excluding hydrogens is 168 g/mol. The van der Waals surface area contributed by atoms with E-state index in [2.05, 4.69) is 6.92 Å². The first-order valence-corrected chi connectivity index (χ1v) is 4.94. The Morgan fingerprint density at radius 2 is 2.15 bits per heavy atom. The lowest BCUT2D eigenvalue weighted by atomic mass is 9.66. The molecule has 0 aromatic carbocycles. The van der Waals surface area contributed by atoms with E-state index in [9.17, 15) is 0 Å². The van der Waals surface area contributed by atoms with Gasteiger partial charge in [-0.25, -0.2) is 0 Å². The van der Waals surface area contributed by atoms with Crippen LogP contribution in [-0.4, -0.2) is 32.7 Å². The summed E-state index contributed by atoms with van der Waals surface area (Å²) >= 11 is 0. The minimum Gasteiger partial charge on any atom is -0.380 e. The van der Waals surface area contributed by atoms with E-state index in [-0.39, 0.29) is 5.79 Å². The van der Waals surface area contributed by atoms with Gasteiger partial charge in [0.25, 0.3) is 0 Å². The van der Waals surface area contributed by atoms with Crippen molar-refractivity contribution >= 4 is 0 Å². The van der Waals surface area contributed by atoms with Crippen molar-refractivity contribution in [3.63, 3.8) is 0 Å². The number of hydrogen-bond donors (Lipinski definition) is 0. The lowest BCUT2D eigenvalue weighted by Gasteiger charge is -2.58. The Kier molecular flexibility index (Phi) is 2.13. The minimum absolute atomic E-state index is 0.322. The molecular formula is C10H18O3. The van der Waals surface area contributed by atoms with Gasteiger partial charge in [0.1, 0.15) is 0 Å². The number of ether oxygens (including phenoxy) is 3. The predicted molar refractivity (Wildman–Crippen MR) is 48.4 cm³/mol. The Morgan fingerprint density at radius 3 is 2.38 bits per heavy atom. The van der Waals surface area contributed by atoms with Crippen LogP contribution in [-0.2, 0) is 14.2 Å². The van der Waals surface area contributed by atoms with Gasteiger partial charge >= 0.3 is 0 Å². The maximum absolute atomic E-state index is 5.49. The van der Waals surface area contributed by atoms with Gasteiger partial charge in [-0.05, 0) is 13.3 Å². The molecule has 0 amide bonds. The van der Waals surface area contributed by atoms with Crippen LogP contribution >= 0.6 is 0 Å². The zero-order chi connectivity index (χ0) is 9.53. The van der Waals surface area contributed by atoms with Gasteiger partial charge in [-0.15, -0.1) is 0 Å². The SMILES string of the molecule is CCC1(C2COC2(C)OC)COC1. The highest BCUT2D eigenvalue weighted by molar-refractivity contribution is 5.00. The number of rotatable bonds is 3. The normalized spacial score (nSPS) is 42.2. The Hall–Kier alpha value is -0.120. The molecule has 2 fully saturated rings. The summed E-state index contributed by atoms with van der Waals surface area (Å²) in [4.78, 5) is 0. The summed E-state index contributed by atoms with van der Waals surface area (Å²) in [5.41, 5.74) is 0.322. The first-order chi connectivity index (χ1) is 6.17. The second-order valence-corrected chi connectivity index (χ2v) is 4.29. The molecule has 2 unspecified atom stereocenters. The van der Waals surface area contributed by atoms with Gasteiger partial charge in [0.05, 0.1) is 19.8 Å². The molecule has 0 radical (unpaired) electrons. The molecule has 2 aliphatic heterocycles. The van der Waals surface area contributed by atoms with Crippen molar-refractivity contribution in [2.24, 2.45) is 11.3 Å². The Bertz CT molecular complexity index is 191. The van der Waals surface area contributed by atoms with Crippen molar-refractivity contribution in [1.29, 1.82) is 0 Å². The average Bonchev–Trinajstić information content (AvgIpc) is 2.07. The van der Waals surface area contributed by atoms with E-state index >= 15 is 0 Å². The summed E-state index contributed by atoms with van der Waals surface area (Å²) in [7, 11) is 1.72. The lowest BCUT2D eigenvalue weighted by Crippen LogP contribution is -2.65. The molecule has 0 aromatic rings. The third kappa shape index (κ3) is 1.14. The quantitative estimate of drug-likeness (QED) is 0.667. The van der Waals surface area contributed by atoms with Gasteiger partial charge < -0.3 is 14.2 Å². The summed E-state index contributed by atoms with van der Waals surface area (Å²) in [5.74, 6) is 0.142. The van der Waals surface area contributed by atoms with Crippen LogP contribution in [0.4, 0.5) is 0 Å². The van der Waals surface area contributed by atoms with E-state index < -0.39 is 0 Å². The molecule has 2 heterocycles. The highest BCUT2D eigenvalue weighted by Crippen LogP contribution is 2.50. The van der Waals surface area contributed by atoms with Crippen molar-refractivity contribution in [1.82, 2.24) is 0 Å².